The van der Waals surface area contributed by atoms with Gasteiger partial charge in [0.25, 0.3) is 5.91 Å². The summed E-state index contributed by atoms with van der Waals surface area (Å²) in [6, 6.07) is 0.0894. The molecule has 1 amide bonds. The van der Waals surface area contributed by atoms with Crippen LogP contribution < -0.4 is 10.6 Å². The zero-order valence-corrected chi connectivity index (χ0v) is 18.4. The van der Waals surface area contributed by atoms with Crippen LogP contribution in [0.15, 0.2) is 23.8 Å². The van der Waals surface area contributed by atoms with Crippen molar-refractivity contribution in [3.05, 3.63) is 40.8 Å². The van der Waals surface area contributed by atoms with Crippen LogP contribution in [-0.2, 0) is 4.74 Å². The molecule has 1 aromatic heterocycles. The molecule has 30 heavy (non-hydrogen) atoms. The summed E-state index contributed by atoms with van der Waals surface area (Å²) in [6.07, 6.45) is 15.7. The number of carbonyl (C=O) groups is 1. The van der Waals surface area contributed by atoms with Gasteiger partial charge in [0.2, 0.25) is 0 Å². The number of hydrogen-bond donors (Lipinski definition) is 3. The molecule has 1 aromatic rings. The number of aromatic nitrogens is 2. The van der Waals surface area contributed by atoms with Crippen LogP contribution in [0.5, 0.6) is 0 Å². The average Bonchev–Trinajstić information content (AvgIpc) is 3.20. The third-order valence-corrected chi connectivity index (χ3v) is 7.16. The highest BCUT2D eigenvalue weighted by Crippen LogP contribution is 2.31. The SMILES string of the molecule is COC1CC=C(C(NC(=O)c2n[nH]c(C3C=CCCC3)c2C)C2CCNCC2)CC1. The van der Waals surface area contributed by atoms with Crippen LogP contribution in [0.4, 0.5) is 0 Å². The van der Waals surface area contributed by atoms with E-state index in [1.807, 2.05) is 6.92 Å². The molecule has 0 aromatic carbocycles. The van der Waals surface area contributed by atoms with Gasteiger partial charge in [-0.3, -0.25) is 9.89 Å². The molecule has 6 nitrogen and oxygen atoms in total. The van der Waals surface area contributed by atoms with Crippen molar-refractivity contribution in [3.63, 3.8) is 0 Å². The summed E-state index contributed by atoms with van der Waals surface area (Å²) in [5, 5.41) is 14.4. The Labute approximate surface area is 179 Å². The molecule has 6 heteroatoms. The maximum atomic E-state index is 13.3. The lowest BCUT2D eigenvalue weighted by Crippen LogP contribution is -2.46. The summed E-state index contributed by atoms with van der Waals surface area (Å²) >= 11 is 0. The summed E-state index contributed by atoms with van der Waals surface area (Å²) < 4.78 is 5.53. The first kappa shape index (κ1) is 21.3. The Hall–Kier alpha value is -1.92. The molecule has 3 atom stereocenters. The summed E-state index contributed by atoms with van der Waals surface area (Å²) in [5.74, 6) is 0.772. The van der Waals surface area contributed by atoms with E-state index in [9.17, 15) is 4.79 Å². The number of nitrogens with zero attached hydrogens (tertiary/aromatic N) is 1. The molecular weight excluding hydrogens is 376 g/mol. The number of amides is 1. The van der Waals surface area contributed by atoms with E-state index in [0.717, 1.165) is 69.3 Å². The summed E-state index contributed by atoms with van der Waals surface area (Å²) in [6.45, 7) is 4.06. The van der Waals surface area contributed by atoms with Crippen LogP contribution in [0.2, 0.25) is 0 Å². The van der Waals surface area contributed by atoms with E-state index in [4.69, 9.17) is 4.74 Å². The van der Waals surface area contributed by atoms with Crippen LogP contribution in [0.25, 0.3) is 0 Å². The molecule has 1 saturated heterocycles. The molecule has 3 N–H and O–H groups in total. The minimum absolute atomic E-state index is 0.0481. The lowest BCUT2D eigenvalue weighted by molar-refractivity contribution is 0.0882. The van der Waals surface area contributed by atoms with Gasteiger partial charge in [-0.2, -0.15) is 5.10 Å². The van der Waals surface area contributed by atoms with Crippen LogP contribution in [0, 0.1) is 12.8 Å². The predicted molar refractivity (Wildman–Crippen MR) is 119 cm³/mol. The zero-order chi connectivity index (χ0) is 20.9. The Balaban J connectivity index is 1.52. The Morgan fingerprint density at radius 3 is 2.77 bits per heavy atom. The second-order valence-corrected chi connectivity index (χ2v) is 9.03. The van der Waals surface area contributed by atoms with Gasteiger partial charge in [0.15, 0.2) is 5.69 Å². The second kappa shape index (κ2) is 9.92. The maximum absolute atomic E-state index is 13.3. The fourth-order valence-electron chi connectivity index (χ4n) is 5.27. The molecule has 4 rings (SSSR count). The third-order valence-electron chi connectivity index (χ3n) is 7.16. The Bertz CT molecular complexity index is 791. The van der Waals surface area contributed by atoms with Gasteiger partial charge in [-0.25, -0.2) is 0 Å². The van der Waals surface area contributed by atoms with Crippen LogP contribution in [-0.4, -0.2) is 48.4 Å². The van der Waals surface area contributed by atoms with Crippen molar-refractivity contribution in [2.75, 3.05) is 20.2 Å². The molecule has 1 fully saturated rings. The minimum atomic E-state index is -0.0481. The first-order valence-electron chi connectivity index (χ1n) is 11.6. The number of carbonyl (C=O) groups excluding carboxylic acids is 1. The van der Waals surface area contributed by atoms with E-state index in [1.54, 1.807) is 7.11 Å². The standard InChI is InChI=1S/C24H36N4O2/c1-16-21(17-6-4-3-5-7-17)27-28-22(16)24(29)26-23(19-12-14-25-15-13-19)18-8-10-20(30-2)11-9-18/h4,6,8,17,19-20,23,25H,3,5,7,9-15H2,1-2H3,(H,26,29)(H,27,28). The van der Waals surface area contributed by atoms with E-state index >= 15 is 0 Å². The van der Waals surface area contributed by atoms with E-state index in [0.29, 0.717) is 23.6 Å². The fraction of sp³-hybridized carbons (Fsp3) is 0.667. The second-order valence-electron chi connectivity index (χ2n) is 9.03. The van der Waals surface area contributed by atoms with Crippen molar-refractivity contribution in [1.29, 1.82) is 0 Å². The summed E-state index contributed by atoms with van der Waals surface area (Å²) in [4.78, 5) is 13.3. The molecule has 2 aliphatic carbocycles. The van der Waals surface area contributed by atoms with Crippen LogP contribution in [0.1, 0.15) is 79.0 Å². The van der Waals surface area contributed by atoms with Crippen molar-refractivity contribution in [2.45, 2.75) is 76.4 Å². The number of nitrogens with one attached hydrogen (secondary N) is 3. The van der Waals surface area contributed by atoms with Crippen LogP contribution >= 0.6 is 0 Å². The minimum Gasteiger partial charge on any atom is -0.381 e. The lowest BCUT2D eigenvalue weighted by atomic mass is 9.81. The van der Waals surface area contributed by atoms with Gasteiger partial charge in [0.05, 0.1) is 12.1 Å². The van der Waals surface area contributed by atoms with E-state index < -0.39 is 0 Å². The molecule has 0 saturated carbocycles. The molecule has 1 aliphatic heterocycles. The molecule has 3 unspecified atom stereocenters. The topological polar surface area (TPSA) is 79.0 Å². The largest absolute Gasteiger partial charge is 0.381 e. The highest BCUT2D eigenvalue weighted by molar-refractivity contribution is 5.94. The van der Waals surface area contributed by atoms with Crippen molar-refractivity contribution >= 4 is 5.91 Å². The van der Waals surface area contributed by atoms with Crippen molar-refractivity contribution in [3.8, 4) is 0 Å². The normalized spacial score (nSPS) is 26.3. The van der Waals surface area contributed by atoms with Gasteiger partial charge < -0.3 is 15.4 Å². The Kier molecular flexibility index (Phi) is 7.05. The smallest absolute Gasteiger partial charge is 0.272 e. The van der Waals surface area contributed by atoms with E-state index in [2.05, 4.69) is 39.1 Å². The molecular formula is C24H36N4O2. The number of ether oxygens (including phenoxy) is 1. The maximum Gasteiger partial charge on any atom is 0.272 e. The van der Waals surface area contributed by atoms with Gasteiger partial charge >= 0.3 is 0 Å². The van der Waals surface area contributed by atoms with Crippen molar-refractivity contribution in [2.24, 2.45) is 5.92 Å². The van der Waals surface area contributed by atoms with Gasteiger partial charge in [-0.05, 0) is 77.3 Å². The number of allylic oxidation sites excluding steroid dienone is 2. The molecule has 3 aliphatic rings. The van der Waals surface area contributed by atoms with E-state index in [-0.39, 0.29) is 11.9 Å². The molecule has 164 valence electrons. The monoisotopic (exact) mass is 412 g/mol. The third kappa shape index (κ3) is 4.70. The quantitative estimate of drug-likeness (QED) is 0.622. The number of aromatic amines is 1. The molecule has 0 spiro atoms. The van der Waals surface area contributed by atoms with Gasteiger partial charge in [0.1, 0.15) is 0 Å². The summed E-state index contributed by atoms with van der Waals surface area (Å²) in [7, 11) is 1.79. The highest BCUT2D eigenvalue weighted by Gasteiger charge is 2.31. The molecule has 0 radical (unpaired) electrons. The van der Waals surface area contributed by atoms with Crippen molar-refractivity contribution in [1.82, 2.24) is 20.8 Å². The van der Waals surface area contributed by atoms with Gasteiger partial charge in [-0.15, -0.1) is 0 Å². The number of methoxy groups -OCH3 is 1. The molecule has 0 bridgehead atoms. The fourth-order valence-corrected chi connectivity index (χ4v) is 5.27. The Morgan fingerprint density at radius 2 is 2.10 bits per heavy atom. The van der Waals surface area contributed by atoms with Crippen molar-refractivity contribution < 1.29 is 9.53 Å². The number of hydrogen-bond acceptors (Lipinski definition) is 4. The van der Waals surface area contributed by atoms with E-state index in [1.165, 1.54) is 12.0 Å². The highest BCUT2D eigenvalue weighted by atomic mass is 16.5. The Morgan fingerprint density at radius 1 is 1.27 bits per heavy atom. The zero-order valence-electron chi connectivity index (χ0n) is 18.4. The average molecular weight is 413 g/mol. The van der Waals surface area contributed by atoms with Gasteiger partial charge in [-0.1, -0.05) is 23.8 Å². The number of piperidine rings is 1. The summed E-state index contributed by atoms with van der Waals surface area (Å²) in [5.41, 5.74) is 4.00. The first-order chi connectivity index (χ1) is 14.7. The van der Waals surface area contributed by atoms with Gasteiger partial charge in [0, 0.05) is 24.3 Å². The number of H-pyrrole nitrogens is 1. The lowest BCUT2D eigenvalue weighted by Gasteiger charge is -2.35. The first-order valence-corrected chi connectivity index (χ1v) is 11.6. The number of rotatable bonds is 6. The predicted octanol–water partition coefficient (Wildman–Crippen LogP) is 3.77. The van der Waals surface area contributed by atoms with Crippen LogP contribution in [0.3, 0.4) is 0 Å². The molecule has 2 heterocycles.